The van der Waals surface area contributed by atoms with Crippen LogP contribution in [0.4, 0.5) is 5.69 Å². The Morgan fingerprint density at radius 1 is 0.963 bits per heavy atom. The number of anilines is 1. The molecule has 1 amide bonds. The maximum Gasteiger partial charge on any atom is 0.225 e. The maximum absolute atomic E-state index is 12.5. The number of rotatable bonds is 5. The summed E-state index contributed by atoms with van der Waals surface area (Å²) >= 11 is 0. The molecule has 4 heteroatoms. The molecule has 1 aliphatic heterocycles. The number of hydrogen-bond donors (Lipinski definition) is 2. The van der Waals surface area contributed by atoms with Crippen LogP contribution < -0.4 is 11.1 Å². The van der Waals surface area contributed by atoms with Gasteiger partial charge in [-0.25, -0.2) is 0 Å². The molecule has 0 saturated carbocycles. The van der Waals surface area contributed by atoms with Gasteiger partial charge in [0.05, 0.1) is 0 Å². The van der Waals surface area contributed by atoms with Gasteiger partial charge in [-0.05, 0) is 17.0 Å². The molecule has 0 aromatic heterocycles. The summed E-state index contributed by atoms with van der Waals surface area (Å²) in [4.78, 5) is 14.8. The van der Waals surface area contributed by atoms with E-state index in [2.05, 4.69) is 46.6 Å². The lowest BCUT2D eigenvalue weighted by molar-refractivity contribution is -0.116. The Bertz CT molecular complexity index is 920. The summed E-state index contributed by atoms with van der Waals surface area (Å²) in [6.45, 7) is 2.47. The van der Waals surface area contributed by atoms with Gasteiger partial charge in [0.25, 0.3) is 0 Å². The van der Waals surface area contributed by atoms with Gasteiger partial charge in [0, 0.05) is 49.1 Å². The molecule has 1 aliphatic rings. The normalized spacial score (nSPS) is 20.0. The Balaban J connectivity index is 1.34. The molecule has 4 rings (SSSR count). The van der Waals surface area contributed by atoms with Crippen molar-refractivity contribution in [3.63, 3.8) is 0 Å². The van der Waals surface area contributed by atoms with E-state index in [1.54, 1.807) is 0 Å². The average Bonchev–Trinajstić information content (AvgIpc) is 3.08. The van der Waals surface area contributed by atoms with E-state index in [0.717, 1.165) is 36.1 Å². The van der Waals surface area contributed by atoms with Crippen molar-refractivity contribution < 1.29 is 4.79 Å². The van der Waals surface area contributed by atoms with Crippen LogP contribution in [0.1, 0.15) is 17.9 Å². The molecule has 4 nitrogen and oxygen atoms in total. The van der Waals surface area contributed by atoms with Crippen molar-refractivity contribution >= 4 is 22.4 Å². The van der Waals surface area contributed by atoms with Crippen LogP contribution in [0.2, 0.25) is 0 Å². The van der Waals surface area contributed by atoms with E-state index < -0.39 is 0 Å². The van der Waals surface area contributed by atoms with Crippen LogP contribution in [-0.2, 0) is 4.79 Å². The highest BCUT2D eigenvalue weighted by Crippen LogP contribution is 2.27. The maximum atomic E-state index is 12.5. The number of fused-ring (bicyclic) bond motifs is 1. The fourth-order valence-corrected chi connectivity index (χ4v) is 3.96. The number of carbonyl (C=O) groups excluding carboxylic acids is 1. The van der Waals surface area contributed by atoms with Crippen LogP contribution in [0.15, 0.2) is 72.8 Å². The molecule has 0 radical (unpaired) electrons. The monoisotopic (exact) mass is 359 g/mol. The number of nitrogens with zero attached hydrogens (tertiary/aromatic N) is 1. The second kappa shape index (κ2) is 7.91. The molecule has 0 spiro atoms. The molecule has 0 aliphatic carbocycles. The first-order valence-corrected chi connectivity index (χ1v) is 9.51. The minimum atomic E-state index is 0.0445. The topological polar surface area (TPSA) is 58.4 Å². The van der Waals surface area contributed by atoms with Crippen molar-refractivity contribution in [2.45, 2.75) is 18.4 Å². The Hall–Kier alpha value is -2.69. The van der Waals surface area contributed by atoms with Gasteiger partial charge in [-0.15, -0.1) is 0 Å². The fourth-order valence-electron chi connectivity index (χ4n) is 3.96. The Labute approximate surface area is 160 Å². The highest BCUT2D eigenvalue weighted by atomic mass is 16.1. The number of hydrogen-bond acceptors (Lipinski definition) is 3. The van der Waals surface area contributed by atoms with E-state index in [9.17, 15) is 4.79 Å². The lowest BCUT2D eigenvalue weighted by atomic mass is 9.95. The van der Waals surface area contributed by atoms with E-state index >= 15 is 0 Å². The molecule has 0 unspecified atom stereocenters. The molecule has 3 N–H and O–H groups in total. The van der Waals surface area contributed by atoms with E-state index in [0.29, 0.717) is 12.3 Å². The third-order valence-corrected chi connectivity index (χ3v) is 5.39. The molecule has 1 saturated heterocycles. The lowest BCUT2D eigenvalue weighted by Gasteiger charge is -2.16. The van der Waals surface area contributed by atoms with Gasteiger partial charge in [-0.3, -0.25) is 4.79 Å². The average molecular weight is 359 g/mol. The summed E-state index contributed by atoms with van der Waals surface area (Å²) in [5.74, 6) is 0.385. The molecule has 1 fully saturated rings. The number of carbonyl (C=O) groups is 1. The Kier molecular flexibility index (Phi) is 5.19. The third-order valence-electron chi connectivity index (χ3n) is 5.39. The minimum absolute atomic E-state index is 0.0445. The molecule has 138 valence electrons. The second-order valence-electron chi connectivity index (χ2n) is 7.27. The molecule has 27 heavy (non-hydrogen) atoms. The summed E-state index contributed by atoms with van der Waals surface area (Å²) < 4.78 is 0. The summed E-state index contributed by atoms with van der Waals surface area (Å²) in [6, 6.07) is 24.6. The number of benzene rings is 3. The van der Waals surface area contributed by atoms with E-state index in [1.165, 1.54) is 5.56 Å². The van der Waals surface area contributed by atoms with Gasteiger partial charge in [0.1, 0.15) is 0 Å². The first kappa shape index (κ1) is 17.7. The molecule has 1 heterocycles. The fraction of sp³-hybridized carbons (Fsp3) is 0.261. The summed E-state index contributed by atoms with van der Waals surface area (Å²) in [7, 11) is 0. The van der Waals surface area contributed by atoms with Gasteiger partial charge in [0.2, 0.25) is 5.91 Å². The number of nitrogens with two attached hydrogens (primary N) is 1. The largest absolute Gasteiger partial charge is 0.326 e. The molecular weight excluding hydrogens is 334 g/mol. The van der Waals surface area contributed by atoms with Crippen molar-refractivity contribution in [2.75, 3.05) is 25.0 Å². The zero-order valence-electron chi connectivity index (χ0n) is 15.3. The minimum Gasteiger partial charge on any atom is -0.326 e. The van der Waals surface area contributed by atoms with Gasteiger partial charge in [-0.1, -0.05) is 66.7 Å². The molecule has 3 aromatic rings. The Morgan fingerprint density at radius 3 is 2.56 bits per heavy atom. The van der Waals surface area contributed by atoms with Gasteiger partial charge >= 0.3 is 0 Å². The first-order chi connectivity index (χ1) is 13.2. The quantitative estimate of drug-likeness (QED) is 0.732. The van der Waals surface area contributed by atoms with Crippen molar-refractivity contribution in [2.24, 2.45) is 5.73 Å². The summed E-state index contributed by atoms with van der Waals surface area (Å²) in [5.41, 5.74) is 8.51. The van der Waals surface area contributed by atoms with Crippen LogP contribution in [0, 0.1) is 0 Å². The molecule has 2 atom stereocenters. The third kappa shape index (κ3) is 4.02. The zero-order valence-corrected chi connectivity index (χ0v) is 15.3. The summed E-state index contributed by atoms with van der Waals surface area (Å²) in [5, 5.41) is 5.27. The number of likely N-dealkylation sites (tertiary alicyclic amines) is 1. The SMILES string of the molecule is N[C@@H]1CN(CCC(=O)Nc2cccc3ccccc23)C[C@H]1c1ccccc1. The highest BCUT2D eigenvalue weighted by Gasteiger charge is 2.31. The van der Waals surface area contributed by atoms with Crippen LogP contribution in [0.3, 0.4) is 0 Å². The van der Waals surface area contributed by atoms with Crippen molar-refractivity contribution in [1.29, 1.82) is 0 Å². The van der Waals surface area contributed by atoms with Gasteiger partial charge < -0.3 is 16.0 Å². The number of amides is 1. The van der Waals surface area contributed by atoms with Crippen molar-refractivity contribution in [3.8, 4) is 0 Å². The van der Waals surface area contributed by atoms with Crippen LogP contribution >= 0.6 is 0 Å². The van der Waals surface area contributed by atoms with Crippen LogP contribution in [0.25, 0.3) is 10.8 Å². The van der Waals surface area contributed by atoms with Crippen molar-refractivity contribution in [1.82, 2.24) is 4.90 Å². The van der Waals surface area contributed by atoms with Crippen molar-refractivity contribution in [3.05, 3.63) is 78.4 Å². The Morgan fingerprint density at radius 2 is 1.70 bits per heavy atom. The van der Waals surface area contributed by atoms with E-state index in [4.69, 9.17) is 5.73 Å². The smallest absolute Gasteiger partial charge is 0.225 e. The second-order valence-corrected chi connectivity index (χ2v) is 7.27. The van der Waals surface area contributed by atoms with Crippen LogP contribution in [0.5, 0.6) is 0 Å². The standard InChI is InChI=1S/C23H25N3O/c24-21-16-26(15-20(21)18-7-2-1-3-8-18)14-13-23(27)25-22-12-6-10-17-9-4-5-11-19(17)22/h1-12,20-21H,13-16,24H2,(H,25,27)/t20-,21+/m0/s1. The predicted octanol–water partition coefficient (Wildman–Crippen LogP) is 3.60. The van der Waals surface area contributed by atoms with Gasteiger partial charge in [-0.2, -0.15) is 0 Å². The lowest BCUT2D eigenvalue weighted by Crippen LogP contribution is -2.30. The van der Waals surface area contributed by atoms with E-state index in [1.807, 2.05) is 36.4 Å². The first-order valence-electron chi connectivity index (χ1n) is 9.51. The molecule has 0 bridgehead atoms. The number of nitrogens with one attached hydrogen (secondary N) is 1. The molecule has 3 aromatic carbocycles. The van der Waals surface area contributed by atoms with Crippen LogP contribution in [-0.4, -0.2) is 36.5 Å². The highest BCUT2D eigenvalue weighted by molar-refractivity contribution is 6.02. The van der Waals surface area contributed by atoms with E-state index in [-0.39, 0.29) is 11.9 Å². The predicted molar refractivity (Wildman–Crippen MR) is 111 cm³/mol. The zero-order chi connectivity index (χ0) is 18.6. The molecular formula is C23H25N3O. The van der Waals surface area contributed by atoms with Gasteiger partial charge in [0.15, 0.2) is 0 Å². The summed E-state index contributed by atoms with van der Waals surface area (Å²) in [6.07, 6.45) is 0.470.